The molecule has 0 atom stereocenters. The predicted octanol–water partition coefficient (Wildman–Crippen LogP) is 3.49. The van der Waals surface area contributed by atoms with Gasteiger partial charge in [-0.1, -0.05) is 12.1 Å². The highest BCUT2D eigenvalue weighted by atomic mass is 15.2. The van der Waals surface area contributed by atoms with Crippen LogP contribution in [0.25, 0.3) is 11.0 Å². The minimum atomic E-state index is 0.730. The molecule has 2 aromatic heterocycles. The zero-order valence-corrected chi connectivity index (χ0v) is 18.6. The largest absolute Gasteiger partial charge is 0.357 e. The molecule has 0 unspecified atom stereocenters. The Hall–Kier alpha value is -3.09. The molecule has 0 spiro atoms. The maximum atomic E-state index is 4.64. The maximum Gasteiger partial charge on any atom is 0.191 e. The summed E-state index contributed by atoms with van der Waals surface area (Å²) in [6.45, 7) is 6.80. The maximum absolute atomic E-state index is 4.64. The lowest BCUT2D eigenvalue weighted by atomic mass is 10.1. The number of nitrogens with one attached hydrogen (secondary N) is 2. The number of pyridine rings is 1. The number of hydrogen-bond donors (Lipinski definition) is 2. The van der Waals surface area contributed by atoms with Gasteiger partial charge in [-0.3, -0.25) is 4.99 Å². The summed E-state index contributed by atoms with van der Waals surface area (Å²) in [6.07, 6.45) is 6.76. The summed E-state index contributed by atoms with van der Waals surface area (Å²) in [7, 11) is 1.81. The number of anilines is 1. The number of aryl methyl sites for hydroxylation is 2. The van der Waals surface area contributed by atoms with Crippen LogP contribution in [-0.4, -0.2) is 47.2 Å². The van der Waals surface area contributed by atoms with Gasteiger partial charge < -0.3 is 20.1 Å². The Balaban J connectivity index is 1.25. The van der Waals surface area contributed by atoms with Crippen LogP contribution in [0.5, 0.6) is 0 Å². The summed E-state index contributed by atoms with van der Waals surface area (Å²) in [4.78, 5) is 16.0. The SMILES string of the molecule is CN=C(NCCCn1c(C)nc2ccccc21)NCc1ccnc(N2CCCCC2)c1. The number of aliphatic imine (C=N–C) groups is 1. The van der Waals surface area contributed by atoms with Gasteiger partial charge >= 0.3 is 0 Å². The van der Waals surface area contributed by atoms with Crippen LogP contribution in [0.2, 0.25) is 0 Å². The van der Waals surface area contributed by atoms with Crippen LogP contribution >= 0.6 is 0 Å². The predicted molar refractivity (Wildman–Crippen MR) is 128 cm³/mol. The quantitative estimate of drug-likeness (QED) is 0.349. The third-order valence-corrected chi connectivity index (χ3v) is 5.87. The summed E-state index contributed by atoms with van der Waals surface area (Å²) in [5, 5.41) is 6.85. The normalized spacial score (nSPS) is 14.8. The molecular weight excluding hydrogens is 386 g/mol. The van der Waals surface area contributed by atoms with Crippen LogP contribution in [-0.2, 0) is 13.1 Å². The number of piperidine rings is 1. The Kier molecular flexibility index (Phi) is 7.02. The van der Waals surface area contributed by atoms with Crippen molar-refractivity contribution in [3.05, 3.63) is 54.0 Å². The smallest absolute Gasteiger partial charge is 0.191 e. The van der Waals surface area contributed by atoms with Crippen molar-refractivity contribution in [3.63, 3.8) is 0 Å². The van der Waals surface area contributed by atoms with Crippen molar-refractivity contribution in [2.75, 3.05) is 31.6 Å². The second-order valence-corrected chi connectivity index (χ2v) is 8.08. The first-order chi connectivity index (χ1) is 15.2. The van der Waals surface area contributed by atoms with Crippen LogP contribution < -0.4 is 15.5 Å². The van der Waals surface area contributed by atoms with Gasteiger partial charge in [-0.05, 0) is 62.4 Å². The van der Waals surface area contributed by atoms with Crippen molar-refractivity contribution in [1.29, 1.82) is 0 Å². The Bertz CT molecular complexity index is 1020. The van der Waals surface area contributed by atoms with Crippen LogP contribution in [0.15, 0.2) is 47.6 Å². The molecule has 1 saturated heterocycles. The summed E-state index contributed by atoms with van der Waals surface area (Å²) in [6, 6.07) is 12.6. The first-order valence-electron chi connectivity index (χ1n) is 11.3. The van der Waals surface area contributed by atoms with E-state index in [1.807, 2.05) is 19.3 Å². The van der Waals surface area contributed by atoms with Crippen molar-refractivity contribution < 1.29 is 0 Å². The number of fused-ring (bicyclic) bond motifs is 1. The molecule has 1 aliphatic rings. The summed E-state index contributed by atoms with van der Waals surface area (Å²) in [5.41, 5.74) is 3.48. The molecular formula is C24H33N7. The van der Waals surface area contributed by atoms with Gasteiger partial charge in [0, 0.05) is 46.0 Å². The van der Waals surface area contributed by atoms with Crippen molar-refractivity contribution in [1.82, 2.24) is 25.2 Å². The molecule has 3 aromatic rings. The topological polar surface area (TPSA) is 70.4 Å². The molecule has 1 aromatic carbocycles. The molecule has 1 fully saturated rings. The molecule has 0 bridgehead atoms. The lowest BCUT2D eigenvalue weighted by Gasteiger charge is -2.28. The molecule has 0 amide bonds. The van der Waals surface area contributed by atoms with E-state index in [1.165, 1.54) is 30.3 Å². The van der Waals surface area contributed by atoms with E-state index in [0.29, 0.717) is 0 Å². The second kappa shape index (κ2) is 10.3. The molecule has 3 heterocycles. The Morgan fingerprint density at radius 2 is 1.94 bits per heavy atom. The van der Waals surface area contributed by atoms with E-state index in [-0.39, 0.29) is 0 Å². The Labute approximate surface area is 184 Å². The third-order valence-electron chi connectivity index (χ3n) is 5.87. The zero-order valence-electron chi connectivity index (χ0n) is 18.6. The summed E-state index contributed by atoms with van der Waals surface area (Å²) in [5.74, 6) is 2.97. The summed E-state index contributed by atoms with van der Waals surface area (Å²) < 4.78 is 2.28. The first kappa shape index (κ1) is 21.2. The molecule has 1 aliphatic heterocycles. The van der Waals surface area contributed by atoms with E-state index in [0.717, 1.165) is 62.3 Å². The lowest BCUT2D eigenvalue weighted by Crippen LogP contribution is -2.37. The third kappa shape index (κ3) is 5.34. The van der Waals surface area contributed by atoms with Gasteiger partial charge in [-0.2, -0.15) is 0 Å². The Morgan fingerprint density at radius 1 is 1.10 bits per heavy atom. The minimum Gasteiger partial charge on any atom is -0.357 e. The number of rotatable bonds is 7. The fourth-order valence-corrected chi connectivity index (χ4v) is 4.20. The van der Waals surface area contributed by atoms with Gasteiger partial charge in [-0.25, -0.2) is 9.97 Å². The fourth-order valence-electron chi connectivity index (χ4n) is 4.20. The van der Waals surface area contributed by atoms with Gasteiger partial charge in [0.1, 0.15) is 11.6 Å². The average molecular weight is 420 g/mol. The van der Waals surface area contributed by atoms with E-state index >= 15 is 0 Å². The standard InChI is InChI=1S/C24H33N7/c1-19-29-21-9-4-5-10-22(21)31(19)16-8-12-27-24(25-2)28-18-20-11-13-26-23(17-20)30-14-6-3-7-15-30/h4-5,9-11,13,17H,3,6-8,12,14-16,18H2,1-2H3,(H2,25,27,28). The number of nitrogens with zero attached hydrogens (tertiary/aromatic N) is 5. The van der Waals surface area contributed by atoms with Crippen LogP contribution in [0.4, 0.5) is 5.82 Å². The van der Waals surface area contributed by atoms with Gasteiger partial charge in [0.05, 0.1) is 11.0 Å². The van der Waals surface area contributed by atoms with Crippen molar-refractivity contribution in [3.8, 4) is 0 Å². The van der Waals surface area contributed by atoms with E-state index < -0.39 is 0 Å². The van der Waals surface area contributed by atoms with Crippen molar-refractivity contribution in [2.24, 2.45) is 4.99 Å². The highest BCUT2D eigenvalue weighted by Gasteiger charge is 2.12. The van der Waals surface area contributed by atoms with E-state index in [2.05, 4.69) is 72.3 Å². The van der Waals surface area contributed by atoms with Crippen LogP contribution in [0.3, 0.4) is 0 Å². The van der Waals surface area contributed by atoms with E-state index in [4.69, 9.17) is 0 Å². The molecule has 0 radical (unpaired) electrons. The first-order valence-corrected chi connectivity index (χ1v) is 11.3. The molecule has 4 rings (SSSR count). The Morgan fingerprint density at radius 3 is 2.77 bits per heavy atom. The monoisotopic (exact) mass is 419 g/mol. The van der Waals surface area contributed by atoms with Gasteiger partial charge in [0.15, 0.2) is 5.96 Å². The fraction of sp³-hybridized carbons (Fsp3) is 0.458. The molecule has 0 aliphatic carbocycles. The van der Waals surface area contributed by atoms with Crippen LogP contribution in [0, 0.1) is 6.92 Å². The van der Waals surface area contributed by atoms with Gasteiger partial charge in [0.2, 0.25) is 0 Å². The summed E-state index contributed by atoms with van der Waals surface area (Å²) >= 11 is 0. The molecule has 7 heteroatoms. The van der Waals surface area contributed by atoms with E-state index in [1.54, 1.807) is 0 Å². The molecule has 164 valence electrons. The average Bonchev–Trinajstić information content (AvgIpc) is 3.14. The highest BCUT2D eigenvalue weighted by Crippen LogP contribution is 2.18. The lowest BCUT2D eigenvalue weighted by molar-refractivity contribution is 0.573. The molecule has 31 heavy (non-hydrogen) atoms. The number of para-hydroxylation sites is 2. The number of aromatic nitrogens is 3. The minimum absolute atomic E-state index is 0.730. The molecule has 2 N–H and O–H groups in total. The molecule has 7 nitrogen and oxygen atoms in total. The number of hydrogen-bond acceptors (Lipinski definition) is 4. The second-order valence-electron chi connectivity index (χ2n) is 8.08. The number of imidazole rings is 1. The van der Waals surface area contributed by atoms with Gasteiger partial charge in [-0.15, -0.1) is 0 Å². The van der Waals surface area contributed by atoms with Crippen LogP contribution in [0.1, 0.15) is 37.1 Å². The number of guanidine groups is 1. The highest BCUT2D eigenvalue weighted by molar-refractivity contribution is 5.79. The number of benzene rings is 1. The van der Waals surface area contributed by atoms with Gasteiger partial charge in [0.25, 0.3) is 0 Å². The van der Waals surface area contributed by atoms with E-state index in [9.17, 15) is 0 Å². The zero-order chi connectivity index (χ0) is 21.5. The molecule has 0 saturated carbocycles. The van der Waals surface area contributed by atoms with Crippen molar-refractivity contribution in [2.45, 2.75) is 45.7 Å². The van der Waals surface area contributed by atoms with Crippen molar-refractivity contribution >= 4 is 22.8 Å².